The third-order valence-corrected chi connectivity index (χ3v) is 8.82. The summed E-state index contributed by atoms with van der Waals surface area (Å²) < 4.78 is 17.4. The number of hydrogen-bond acceptors (Lipinski definition) is 8. The van der Waals surface area contributed by atoms with Gasteiger partial charge in [0.2, 0.25) is 5.91 Å². The molecule has 4 N–H and O–H groups in total. The van der Waals surface area contributed by atoms with E-state index in [-0.39, 0.29) is 38.1 Å². The van der Waals surface area contributed by atoms with Crippen molar-refractivity contribution < 1.29 is 28.6 Å². The van der Waals surface area contributed by atoms with E-state index < -0.39 is 35.6 Å². The fourth-order valence-electron chi connectivity index (χ4n) is 6.30. The number of aromatic nitrogens is 1. The van der Waals surface area contributed by atoms with Crippen LogP contribution in [0.15, 0.2) is 67.3 Å². The molecule has 0 unspecified atom stereocenters. The number of pyridine rings is 1. The first-order valence-corrected chi connectivity index (χ1v) is 16.2. The zero-order valence-electron chi connectivity index (χ0n) is 27.5. The van der Waals surface area contributed by atoms with Crippen molar-refractivity contribution in [1.29, 1.82) is 0 Å². The van der Waals surface area contributed by atoms with E-state index in [1.54, 1.807) is 20.1 Å². The third kappa shape index (κ3) is 7.35. The number of nitrogens with zero attached hydrogens (tertiary/aromatic N) is 2. The second-order valence-corrected chi connectivity index (χ2v) is 12.6. The van der Waals surface area contributed by atoms with E-state index in [9.17, 15) is 14.4 Å². The van der Waals surface area contributed by atoms with E-state index in [2.05, 4.69) is 31.1 Å². The number of carbonyl (C=O) groups excluding carboxylic acids is 3. The van der Waals surface area contributed by atoms with E-state index >= 15 is 0 Å². The molecule has 47 heavy (non-hydrogen) atoms. The highest BCUT2D eigenvalue weighted by Gasteiger charge is 2.62. The number of ether oxygens (including phenoxy) is 3. The van der Waals surface area contributed by atoms with E-state index in [4.69, 9.17) is 24.9 Å². The number of nitrogens with two attached hydrogens (primary N) is 1. The number of amides is 3. The van der Waals surface area contributed by atoms with Crippen molar-refractivity contribution in [2.24, 2.45) is 17.6 Å². The molecule has 11 heteroatoms. The number of carbonyl (C=O) groups is 3. The van der Waals surface area contributed by atoms with Crippen molar-refractivity contribution in [3.05, 3.63) is 67.3 Å². The minimum absolute atomic E-state index is 0.140. The number of likely N-dealkylation sites (tertiary alicyclic amines) is 1. The maximum atomic E-state index is 14.0. The smallest absolute Gasteiger partial charge is 0.332 e. The monoisotopic (exact) mass is 643 g/mol. The van der Waals surface area contributed by atoms with Crippen molar-refractivity contribution in [3.63, 3.8) is 0 Å². The lowest BCUT2D eigenvalue weighted by Gasteiger charge is -2.28. The minimum atomic E-state index is -1.20. The average molecular weight is 644 g/mol. The van der Waals surface area contributed by atoms with Gasteiger partial charge < -0.3 is 35.5 Å². The molecule has 2 heterocycles. The summed E-state index contributed by atoms with van der Waals surface area (Å²) in [5.74, 6) is 0.319. The van der Waals surface area contributed by atoms with Crippen LogP contribution in [-0.4, -0.2) is 78.3 Å². The Kier molecular flexibility index (Phi) is 10.3. The Labute approximate surface area is 275 Å². The van der Waals surface area contributed by atoms with Crippen LogP contribution in [-0.2, 0) is 14.3 Å². The summed E-state index contributed by atoms with van der Waals surface area (Å²) >= 11 is 0. The molecule has 11 nitrogen and oxygen atoms in total. The summed E-state index contributed by atoms with van der Waals surface area (Å²) in [7, 11) is 1.60. The predicted octanol–water partition coefficient (Wildman–Crippen LogP) is 4.44. The Morgan fingerprint density at radius 1 is 1.17 bits per heavy atom. The summed E-state index contributed by atoms with van der Waals surface area (Å²) in [5, 5.41) is 6.71. The number of benzene rings is 2. The molecule has 2 fully saturated rings. The largest absolute Gasteiger partial charge is 0.497 e. The second-order valence-electron chi connectivity index (χ2n) is 12.6. The normalized spacial score (nSPS) is 22.4. The Morgan fingerprint density at radius 2 is 1.94 bits per heavy atom. The first-order valence-electron chi connectivity index (χ1n) is 16.2. The van der Waals surface area contributed by atoms with Crippen molar-refractivity contribution in [1.82, 2.24) is 20.5 Å². The molecule has 2 aliphatic rings. The predicted molar refractivity (Wildman–Crippen MR) is 180 cm³/mol. The van der Waals surface area contributed by atoms with Crippen molar-refractivity contribution in [2.75, 3.05) is 26.8 Å². The summed E-state index contributed by atoms with van der Waals surface area (Å²) in [6.07, 6.45) is 2.39. The first-order chi connectivity index (χ1) is 22.6. The number of hydrogen-bond donors (Lipinski definition) is 3. The van der Waals surface area contributed by atoms with Crippen LogP contribution in [0.5, 0.6) is 11.5 Å². The number of rotatable bonds is 13. The summed E-state index contributed by atoms with van der Waals surface area (Å²) in [6.45, 7) is 10.2. The van der Waals surface area contributed by atoms with Crippen LogP contribution in [0.25, 0.3) is 22.2 Å². The molecule has 5 rings (SSSR count). The van der Waals surface area contributed by atoms with Crippen molar-refractivity contribution >= 4 is 28.8 Å². The molecule has 0 bridgehead atoms. The lowest BCUT2D eigenvalue weighted by molar-refractivity contribution is -0.149. The number of fused-ring (bicyclic) bond motifs is 1. The molecule has 0 spiro atoms. The van der Waals surface area contributed by atoms with Gasteiger partial charge in [-0.2, -0.15) is 0 Å². The minimum Gasteiger partial charge on any atom is -0.497 e. The zero-order chi connectivity index (χ0) is 33.7. The van der Waals surface area contributed by atoms with Crippen LogP contribution in [0.3, 0.4) is 0 Å². The molecule has 1 aromatic heterocycles. The summed E-state index contributed by atoms with van der Waals surface area (Å²) in [5.41, 5.74) is 7.11. The van der Waals surface area contributed by atoms with Gasteiger partial charge >= 0.3 is 12.0 Å². The second kappa shape index (κ2) is 14.4. The van der Waals surface area contributed by atoms with Gasteiger partial charge in [0, 0.05) is 48.0 Å². The molecule has 3 amide bonds. The third-order valence-electron chi connectivity index (χ3n) is 8.82. The SMILES string of the molecule is C=C[C@@H]1C[C@]1(NC(=O)[C@@H]1C[C@@H](Oc2cc(-c3ccccc3)nc3cc(OC)ccc23)CN1C(=O)N[C@H](CN)CC(C)C)C(=O)OCC. The highest BCUT2D eigenvalue weighted by molar-refractivity contribution is 5.95. The van der Waals surface area contributed by atoms with E-state index in [0.29, 0.717) is 41.5 Å². The van der Waals surface area contributed by atoms with Crippen LogP contribution < -0.4 is 25.8 Å². The lowest BCUT2D eigenvalue weighted by Crippen LogP contribution is -2.56. The molecule has 250 valence electrons. The van der Waals surface area contributed by atoms with Gasteiger partial charge in [-0.1, -0.05) is 50.3 Å². The molecule has 1 aliphatic carbocycles. The van der Waals surface area contributed by atoms with Crippen LogP contribution in [0.1, 0.15) is 40.0 Å². The van der Waals surface area contributed by atoms with Crippen LogP contribution >= 0.6 is 0 Å². The Hall–Kier alpha value is -4.64. The molecule has 5 atom stereocenters. The van der Waals surface area contributed by atoms with E-state index in [1.807, 2.05) is 54.6 Å². The lowest BCUT2D eigenvalue weighted by atomic mass is 10.0. The molecule has 1 aliphatic heterocycles. The standard InChI is InChI=1S/C36H45N5O6/c1-6-24-19-36(24,34(43)46-7-2)40-33(42)31-17-27(21-41(31)35(44)38-25(20-37)15-22(3)4)47-32-18-29(23-11-9-8-10-12-23)39-30-16-26(45-5)13-14-28(30)32/h6,8-14,16,18,22,24-25,27,31H,1,7,15,17,19-21,37H2,2-5H3,(H,38,44)(H,40,42)/t24-,25+,27-,31+,36-/m1/s1. The topological polar surface area (TPSA) is 145 Å². The van der Waals surface area contributed by atoms with Gasteiger partial charge in [-0.25, -0.2) is 14.6 Å². The fraction of sp³-hybridized carbons (Fsp3) is 0.444. The summed E-state index contributed by atoms with van der Waals surface area (Å²) in [4.78, 5) is 47.0. The van der Waals surface area contributed by atoms with E-state index in [0.717, 1.165) is 10.9 Å². The van der Waals surface area contributed by atoms with Crippen molar-refractivity contribution in [3.8, 4) is 22.8 Å². The molecular weight excluding hydrogens is 598 g/mol. The Balaban J connectivity index is 1.46. The number of methoxy groups -OCH3 is 1. The highest BCUT2D eigenvalue weighted by atomic mass is 16.5. The average Bonchev–Trinajstić information content (AvgIpc) is 3.62. The van der Waals surface area contributed by atoms with Gasteiger partial charge in [-0.15, -0.1) is 6.58 Å². The molecule has 1 saturated carbocycles. The molecule has 2 aromatic carbocycles. The van der Waals surface area contributed by atoms with Gasteiger partial charge in [0.25, 0.3) is 0 Å². The molecule has 3 aromatic rings. The Morgan fingerprint density at radius 3 is 2.57 bits per heavy atom. The Bertz CT molecular complexity index is 1610. The van der Waals surface area contributed by atoms with Crippen molar-refractivity contribution in [2.45, 2.75) is 63.8 Å². The highest BCUT2D eigenvalue weighted by Crippen LogP contribution is 2.46. The van der Waals surface area contributed by atoms with Gasteiger partial charge in [0.05, 0.1) is 31.5 Å². The maximum Gasteiger partial charge on any atom is 0.332 e. The first kappa shape index (κ1) is 33.7. The zero-order valence-corrected chi connectivity index (χ0v) is 27.5. The van der Waals surface area contributed by atoms with Gasteiger partial charge in [-0.3, -0.25) is 4.79 Å². The molecular formula is C36H45N5O6. The number of esters is 1. The maximum absolute atomic E-state index is 14.0. The summed E-state index contributed by atoms with van der Waals surface area (Å²) in [6, 6.07) is 15.6. The van der Waals surface area contributed by atoms with Crippen LogP contribution in [0.2, 0.25) is 0 Å². The number of urea groups is 1. The number of nitrogens with one attached hydrogen (secondary N) is 2. The fourth-order valence-corrected chi connectivity index (χ4v) is 6.30. The van der Waals surface area contributed by atoms with Gasteiger partial charge in [-0.05, 0) is 37.8 Å². The van der Waals surface area contributed by atoms with Gasteiger partial charge in [0.15, 0.2) is 0 Å². The molecule has 1 saturated heterocycles. The molecule has 0 radical (unpaired) electrons. The van der Waals surface area contributed by atoms with Crippen LogP contribution in [0.4, 0.5) is 4.79 Å². The quantitative estimate of drug-likeness (QED) is 0.183. The van der Waals surface area contributed by atoms with E-state index in [1.165, 1.54) is 4.90 Å². The van der Waals surface area contributed by atoms with Crippen LogP contribution in [0, 0.1) is 11.8 Å². The van der Waals surface area contributed by atoms with Gasteiger partial charge in [0.1, 0.15) is 29.2 Å².